The number of rotatable bonds is 16. The van der Waals surface area contributed by atoms with Crippen molar-refractivity contribution >= 4 is 40.7 Å². The Kier molecular flexibility index (Phi) is 14.1. The van der Waals surface area contributed by atoms with Gasteiger partial charge in [-0.1, -0.05) is 95.3 Å². The van der Waals surface area contributed by atoms with E-state index in [0.717, 1.165) is 26.8 Å². The fraction of sp³-hybridized carbons (Fsp3) is 0.432. The zero-order valence-corrected chi connectivity index (χ0v) is 30.9. The highest BCUT2D eigenvalue weighted by atomic mass is 32.1. The Labute approximate surface area is 298 Å². The van der Waals surface area contributed by atoms with Crippen molar-refractivity contribution in [3.63, 3.8) is 0 Å². The van der Waals surface area contributed by atoms with Crippen molar-refractivity contribution in [2.45, 2.75) is 72.8 Å². The molecule has 2 aromatic carbocycles. The lowest BCUT2D eigenvalue weighted by molar-refractivity contribution is -0.135. The van der Waals surface area contributed by atoms with Gasteiger partial charge in [-0.15, -0.1) is 22.7 Å². The molecule has 0 radical (unpaired) electrons. The average Bonchev–Trinajstić information content (AvgIpc) is 3.79. The number of ether oxygens (including phenoxy) is 1. The molecule has 4 rings (SSSR count). The van der Waals surface area contributed by atoms with Crippen LogP contribution in [-0.2, 0) is 35.8 Å². The Morgan fingerprint density at radius 2 is 1.45 bits per heavy atom. The Morgan fingerprint density at radius 1 is 0.837 bits per heavy atom. The van der Waals surface area contributed by atoms with Crippen LogP contribution in [0.25, 0.3) is 0 Å². The molecule has 2 atom stereocenters. The van der Waals surface area contributed by atoms with Crippen LogP contribution in [0.1, 0.15) is 67.4 Å². The Morgan fingerprint density at radius 3 is 2.00 bits per heavy atom. The third-order valence-electron chi connectivity index (χ3n) is 7.89. The summed E-state index contributed by atoms with van der Waals surface area (Å²) in [5, 5.41) is 8.58. The van der Waals surface area contributed by atoms with E-state index in [1.807, 2.05) is 92.2 Å². The van der Waals surface area contributed by atoms with Gasteiger partial charge in [-0.3, -0.25) is 4.79 Å². The molecular formula is C37H48N6O4S2. The maximum Gasteiger partial charge on any atom is 0.410 e. The third kappa shape index (κ3) is 11.7. The number of benzene rings is 2. The third-order valence-corrected chi connectivity index (χ3v) is 9.84. The standard InChI is InChI=1S/C37H48N6O4S2/c1-26(2)33(40-36(45)41(6)23-31-25-49-34(39-31)27(3)4)35(44)42(21-29-13-9-7-10-14-29)19-28(5)20-43(22-30-15-11-8-12-16-30)37(46)47-24-32-38-17-18-48-32/h7-18,25-28,33H,19-24H2,1-6H3,(H,40,45)/t28?,33-/m0/s1. The molecule has 0 aliphatic rings. The highest BCUT2D eigenvalue weighted by molar-refractivity contribution is 7.09. The highest BCUT2D eigenvalue weighted by Crippen LogP contribution is 2.21. The zero-order valence-electron chi connectivity index (χ0n) is 29.2. The number of nitrogens with one attached hydrogen (secondary N) is 1. The first-order chi connectivity index (χ1) is 23.5. The average molecular weight is 705 g/mol. The molecule has 1 N–H and O–H groups in total. The molecule has 4 amide bonds. The van der Waals surface area contributed by atoms with E-state index < -0.39 is 12.1 Å². The molecule has 0 spiro atoms. The molecule has 2 aromatic heterocycles. The van der Waals surface area contributed by atoms with Crippen LogP contribution in [0.4, 0.5) is 9.59 Å². The minimum Gasteiger partial charge on any atom is -0.442 e. The molecule has 1 unspecified atom stereocenters. The summed E-state index contributed by atoms with van der Waals surface area (Å²) in [6.45, 7) is 12.0. The minimum absolute atomic E-state index is 0.0976. The first-order valence-corrected chi connectivity index (χ1v) is 18.4. The molecular weight excluding hydrogens is 657 g/mol. The molecule has 2 heterocycles. The minimum atomic E-state index is -0.754. The normalized spacial score (nSPS) is 12.4. The van der Waals surface area contributed by atoms with Gasteiger partial charge in [-0.2, -0.15) is 0 Å². The molecule has 12 heteroatoms. The molecule has 0 aliphatic carbocycles. The van der Waals surface area contributed by atoms with Crippen LogP contribution in [-0.4, -0.2) is 68.9 Å². The van der Waals surface area contributed by atoms with Gasteiger partial charge in [0.1, 0.15) is 17.7 Å². The summed E-state index contributed by atoms with van der Waals surface area (Å²) in [7, 11) is 1.71. The van der Waals surface area contributed by atoms with Crippen molar-refractivity contribution < 1.29 is 19.1 Å². The number of aromatic nitrogens is 2. The quantitative estimate of drug-likeness (QED) is 0.130. The van der Waals surface area contributed by atoms with Crippen LogP contribution in [0.3, 0.4) is 0 Å². The molecule has 0 saturated carbocycles. The largest absolute Gasteiger partial charge is 0.442 e. The summed E-state index contributed by atoms with van der Waals surface area (Å²) >= 11 is 3.02. The van der Waals surface area contributed by atoms with Crippen molar-refractivity contribution in [1.82, 2.24) is 30.0 Å². The van der Waals surface area contributed by atoms with Crippen LogP contribution in [0.2, 0.25) is 0 Å². The number of amides is 4. The highest BCUT2D eigenvalue weighted by Gasteiger charge is 2.31. The predicted octanol–water partition coefficient (Wildman–Crippen LogP) is 7.39. The van der Waals surface area contributed by atoms with Gasteiger partial charge in [0.25, 0.3) is 0 Å². The van der Waals surface area contributed by atoms with Gasteiger partial charge in [-0.05, 0) is 23.0 Å². The van der Waals surface area contributed by atoms with Gasteiger partial charge in [0.15, 0.2) is 0 Å². The summed E-state index contributed by atoms with van der Waals surface area (Å²) in [5.41, 5.74) is 2.77. The van der Waals surface area contributed by atoms with Crippen LogP contribution in [0.5, 0.6) is 0 Å². The van der Waals surface area contributed by atoms with Crippen molar-refractivity contribution in [2.75, 3.05) is 20.1 Å². The van der Waals surface area contributed by atoms with E-state index in [2.05, 4.69) is 29.1 Å². The fourth-order valence-corrected chi connectivity index (χ4v) is 6.68. The van der Waals surface area contributed by atoms with Gasteiger partial charge in [0, 0.05) is 56.1 Å². The molecule has 0 bridgehead atoms. The van der Waals surface area contributed by atoms with Gasteiger partial charge in [0.05, 0.1) is 17.2 Å². The number of nitrogens with zero attached hydrogens (tertiary/aromatic N) is 5. The van der Waals surface area contributed by atoms with Crippen molar-refractivity contribution in [1.29, 1.82) is 0 Å². The number of thiazole rings is 2. The Bertz CT molecular complexity index is 1600. The number of hydrogen-bond donors (Lipinski definition) is 1. The molecule has 4 aromatic rings. The Hall–Kier alpha value is -4.29. The number of carbonyl (C=O) groups is 3. The number of hydrogen-bond acceptors (Lipinski definition) is 8. The van der Waals surface area contributed by atoms with Crippen LogP contribution < -0.4 is 5.32 Å². The van der Waals surface area contributed by atoms with Gasteiger partial charge >= 0.3 is 12.1 Å². The monoisotopic (exact) mass is 704 g/mol. The first-order valence-electron chi connectivity index (χ1n) is 16.6. The van der Waals surface area contributed by atoms with Crippen molar-refractivity contribution in [3.05, 3.63) is 104 Å². The predicted molar refractivity (Wildman–Crippen MR) is 195 cm³/mol. The molecule has 0 aliphatic heterocycles. The maximum atomic E-state index is 14.3. The van der Waals surface area contributed by atoms with E-state index in [-0.39, 0.29) is 30.4 Å². The second-order valence-corrected chi connectivity index (χ2v) is 14.9. The van der Waals surface area contributed by atoms with E-state index in [0.29, 0.717) is 38.6 Å². The lowest BCUT2D eigenvalue weighted by Gasteiger charge is -2.34. The fourth-order valence-electron chi connectivity index (χ4n) is 5.32. The Balaban J connectivity index is 1.48. The molecule has 10 nitrogen and oxygen atoms in total. The summed E-state index contributed by atoms with van der Waals surface area (Å²) in [5.74, 6) is -0.141. The van der Waals surface area contributed by atoms with E-state index in [4.69, 9.17) is 4.74 Å². The van der Waals surface area contributed by atoms with Crippen LogP contribution >= 0.6 is 22.7 Å². The summed E-state index contributed by atoms with van der Waals surface area (Å²) in [6.07, 6.45) is 1.24. The lowest BCUT2D eigenvalue weighted by Crippen LogP contribution is -2.54. The number of urea groups is 1. The molecule has 0 fully saturated rings. The van der Waals surface area contributed by atoms with Crippen molar-refractivity contribution in [3.8, 4) is 0 Å². The summed E-state index contributed by atoms with van der Waals surface area (Å²) in [6, 6.07) is 18.5. The van der Waals surface area contributed by atoms with Crippen molar-refractivity contribution in [2.24, 2.45) is 11.8 Å². The molecule has 49 heavy (non-hydrogen) atoms. The number of carbonyl (C=O) groups excluding carboxylic acids is 3. The first kappa shape index (κ1) is 37.5. The van der Waals surface area contributed by atoms with E-state index in [1.165, 1.54) is 11.3 Å². The van der Waals surface area contributed by atoms with Gasteiger partial charge in [-0.25, -0.2) is 19.6 Å². The van der Waals surface area contributed by atoms with Gasteiger partial charge < -0.3 is 24.8 Å². The van der Waals surface area contributed by atoms with Crippen LogP contribution in [0.15, 0.2) is 77.6 Å². The smallest absolute Gasteiger partial charge is 0.410 e. The molecule has 0 saturated heterocycles. The maximum absolute atomic E-state index is 14.3. The SMILES string of the molecule is CC(CN(Cc1ccccc1)C(=O)OCc1nccs1)CN(Cc1ccccc1)C(=O)[C@@H](NC(=O)N(C)Cc1csc(C(C)C)n1)C(C)C. The summed E-state index contributed by atoms with van der Waals surface area (Å²) in [4.78, 5) is 55.0. The van der Waals surface area contributed by atoms with Crippen LogP contribution in [0, 0.1) is 11.8 Å². The van der Waals surface area contributed by atoms with Gasteiger partial charge in [0.2, 0.25) is 5.91 Å². The van der Waals surface area contributed by atoms with E-state index in [9.17, 15) is 14.4 Å². The zero-order chi connectivity index (χ0) is 35.3. The topological polar surface area (TPSA) is 108 Å². The second-order valence-electron chi connectivity index (χ2n) is 13.0. The summed E-state index contributed by atoms with van der Waals surface area (Å²) < 4.78 is 5.66. The van der Waals surface area contributed by atoms with E-state index >= 15 is 0 Å². The lowest BCUT2D eigenvalue weighted by atomic mass is 10.0. The molecule has 262 valence electrons. The second kappa shape index (κ2) is 18.5. The van der Waals surface area contributed by atoms with E-state index in [1.54, 1.807) is 39.3 Å².